The number of halogens is 2. The Kier molecular flexibility index (Phi) is 4.93. The molecule has 162 valence electrons. The average molecular weight is 545 g/mol. The van der Waals surface area contributed by atoms with Gasteiger partial charge < -0.3 is 15.3 Å². The minimum atomic E-state index is -0.417. The Bertz CT molecular complexity index is 1340. The number of carbonyl (C=O) groups excluding carboxylic acids is 1. The number of hydrogen-bond donors (Lipinski definition) is 2. The Morgan fingerprint density at radius 2 is 2.03 bits per heavy atom. The fourth-order valence-electron chi connectivity index (χ4n) is 4.52. The number of imidazole rings is 1. The predicted octanol–water partition coefficient (Wildman–Crippen LogP) is 3.17. The zero-order valence-electron chi connectivity index (χ0n) is 16.6. The van der Waals surface area contributed by atoms with E-state index in [1.54, 1.807) is 39.8 Å². The highest BCUT2D eigenvalue weighted by molar-refractivity contribution is 14.1. The van der Waals surface area contributed by atoms with Gasteiger partial charge in [-0.25, -0.2) is 18.5 Å². The van der Waals surface area contributed by atoms with Crippen molar-refractivity contribution in [3.05, 3.63) is 79.2 Å². The fourth-order valence-corrected chi connectivity index (χ4v) is 5.14. The van der Waals surface area contributed by atoms with Crippen LogP contribution >= 0.6 is 22.6 Å². The highest BCUT2D eigenvalue weighted by Crippen LogP contribution is 2.48. The zero-order chi connectivity index (χ0) is 22.6. The molecule has 0 spiro atoms. The number of nitrogens with one attached hydrogen (secondary N) is 1. The summed E-state index contributed by atoms with van der Waals surface area (Å²) in [6.07, 6.45) is 0.563. The summed E-state index contributed by atoms with van der Waals surface area (Å²) in [6.45, 7) is 0.609. The molecule has 2 aliphatic heterocycles. The van der Waals surface area contributed by atoms with Gasteiger partial charge in [-0.05, 0) is 64.9 Å². The summed E-state index contributed by atoms with van der Waals surface area (Å²) in [5, 5.41) is 22.9. The molecule has 2 aliphatic rings. The van der Waals surface area contributed by atoms with Crippen LogP contribution in [0.15, 0.2) is 47.3 Å². The molecule has 2 bridgehead atoms. The van der Waals surface area contributed by atoms with Crippen LogP contribution in [-0.2, 0) is 6.54 Å². The van der Waals surface area contributed by atoms with Crippen molar-refractivity contribution >= 4 is 28.6 Å². The lowest BCUT2D eigenvalue weighted by molar-refractivity contribution is 0.184. The van der Waals surface area contributed by atoms with Crippen molar-refractivity contribution in [3.63, 3.8) is 0 Å². The molecular formula is C22H17FIN5O3. The number of fused-ring (bicyclic) bond motifs is 5. The van der Waals surface area contributed by atoms with Crippen molar-refractivity contribution < 1.29 is 14.3 Å². The highest BCUT2D eigenvalue weighted by Gasteiger charge is 2.49. The number of urea groups is 1. The van der Waals surface area contributed by atoms with Crippen LogP contribution in [0.1, 0.15) is 35.3 Å². The minimum Gasteiger partial charge on any atom is -0.493 e. The summed E-state index contributed by atoms with van der Waals surface area (Å²) in [5.74, 6) is -0.536. The van der Waals surface area contributed by atoms with E-state index in [4.69, 9.17) is 5.26 Å². The Morgan fingerprint density at radius 1 is 1.28 bits per heavy atom. The maximum atomic E-state index is 13.1. The van der Waals surface area contributed by atoms with E-state index < -0.39 is 6.04 Å². The maximum absolute atomic E-state index is 13.1. The lowest BCUT2D eigenvalue weighted by atomic mass is 10.2. The summed E-state index contributed by atoms with van der Waals surface area (Å²) in [5.41, 5.74) is 1.77. The van der Waals surface area contributed by atoms with Crippen LogP contribution in [0.5, 0.6) is 5.88 Å². The molecular weight excluding hydrogens is 528 g/mol. The molecule has 5 rings (SSSR count). The molecule has 0 aliphatic carbocycles. The van der Waals surface area contributed by atoms with E-state index >= 15 is 0 Å². The number of aromatic nitrogens is 2. The second-order valence-electron chi connectivity index (χ2n) is 7.82. The van der Waals surface area contributed by atoms with Crippen LogP contribution in [0.3, 0.4) is 0 Å². The van der Waals surface area contributed by atoms with Gasteiger partial charge in [0.1, 0.15) is 17.6 Å². The molecule has 1 aromatic heterocycles. The number of likely N-dealkylation sites (tertiary alicyclic amines) is 1. The van der Waals surface area contributed by atoms with Gasteiger partial charge in [0, 0.05) is 16.7 Å². The van der Waals surface area contributed by atoms with Crippen LogP contribution in [0.25, 0.3) is 5.69 Å². The van der Waals surface area contributed by atoms with Crippen LogP contribution < -0.4 is 11.0 Å². The number of aromatic hydroxyl groups is 1. The predicted molar refractivity (Wildman–Crippen MR) is 121 cm³/mol. The molecule has 0 unspecified atom stereocenters. The highest BCUT2D eigenvalue weighted by atomic mass is 127. The average Bonchev–Trinajstić information content (AvgIpc) is 3.44. The molecule has 3 aromatic rings. The summed E-state index contributed by atoms with van der Waals surface area (Å²) >= 11 is 2.01. The van der Waals surface area contributed by atoms with E-state index in [1.165, 1.54) is 16.7 Å². The molecule has 0 saturated carbocycles. The number of nitrogens with zero attached hydrogens (tertiary/aromatic N) is 4. The molecule has 2 N–H and O–H groups in total. The third kappa shape index (κ3) is 3.15. The lowest BCUT2D eigenvalue weighted by Gasteiger charge is -2.27. The Balaban J connectivity index is 1.41. The molecule has 0 radical (unpaired) electrons. The smallest absolute Gasteiger partial charge is 0.336 e. The normalized spacial score (nSPS) is 18.5. The molecule has 3 heterocycles. The number of benzene rings is 2. The van der Waals surface area contributed by atoms with Gasteiger partial charge >= 0.3 is 11.7 Å². The lowest BCUT2D eigenvalue weighted by Crippen LogP contribution is -2.43. The number of amides is 2. The second-order valence-corrected chi connectivity index (χ2v) is 8.98. The summed E-state index contributed by atoms with van der Waals surface area (Å²) in [7, 11) is 0. The van der Waals surface area contributed by atoms with Gasteiger partial charge in [-0.15, -0.1) is 0 Å². The first-order valence-electron chi connectivity index (χ1n) is 9.94. The van der Waals surface area contributed by atoms with Crippen molar-refractivity contribution in [1.82, 2.24) is 19.4 Å². The van der Waals surface area contributed by atoms with Crippen molar-refractivity contribution in [2.24, 2.45) is 0 Å². The van der Waals surface area contributed by atoms with Gasteiger partial charge in [0.25, 0.3) is 0 Å². The maximum Gasteiger partial charge on any atom is 0.336 e. The van der Waals surface area contributed by atoms with E-state index in [1.807, 2.05) is 22.6 Å². The number of hydrogen-bond acceptors (Lipinski definition) is 4. The first kappa shape index (κ1) is 20.6. The topological polar surface area (TPSA) is 103 Å². The number of nitriles is 1. The quantitative estimate of drug-likeness (QED) is 0.494. The Morgan fingerprint density at radius 3 is 2.72 bits per heavy atom. The van der Waals surface area contributed by atoms with Gasteiger partial charge in [-0.3, -0.25) is 4.57 Å². The van der Waals surface area contributed by atoms with Crippen LogP contribution in [0.2, 0.25) is 0 Å². The van der Waals surface area contributed by atoms with E-state index in [0.717, 1.165) is 5.56 Å². The Hall–Kier alpha value is -3.33. The van der Waals surface area contributed by atoms with E-state index in [9.17, 15) is 19.1 Å². The third-order valence-electron chi connectivity index (χ3n) is 6.01. The molecule has 1 fully saturated rings. The minimum absolute atomic E-state index is 0.195. The van der Waals surface area contributed by atoms with Crippen molar-refractivity contribution in [3.8, 4) is 17.6 Å². The van der Waals surface area contributed by atoms with Gasteiger partial charge in [0.05, 0.1) is 23.3 Å². The monoisotopic (exact) mass is 545 g/mol. The first-order chi connectivity index (χ1) is 15.4. The first-order valence-corrected chi connectivity index (χ1v) is 11.0. The van der Waals surface area contributed by atoms with Gasteiger partial charge in [0.15, 0.2) is 0 Å². The third-order valence-corrected chi connectivity index (χ3v) is 6.90. The van der Waals surface area contributed by atoms with Crippen molar-refractivity contribution in [1.29, 1.82) is 5.26 Å². The molecule has 2 amide bonds. The van der Waals surface area contributed by atoms with Crippen molar-refractivity contribution in [2.45, 2.75) is 25.0 Å². The van der Waals surface area contributed by atoms with E-state index in [-0.39, 0.29) is 36.0 Å². The summed E-state index contributed by atoms with van der Waals surface area (Å²) < 4.78 is 16.5. The van der Waals surface area contributed by atoms with Gasteiger partial charge in [-0.1, -0.05) is 12.1 Å². The molecule has 32 heavy (non-hydrogen) atoms. The Labute approximate surface area is 195 Å². The van der Waals surface area contributed by atoms with E-state index in [0.29, 0.717) is 33.5 Å². The number of carbonyl (C=O) groups is 1. The second kappa shape index (κ2) is 7.67. The molecule has 2 aromatic carbocycles. The van der Waals surface area contributed by atoms with Crippen LogP contribution in [0, 0.1) is 20.7 Å². The van der Waals surface area contributed by atoms with Crippen LogP contribution in [-0.4, -0.2) is 31.7 Å². The molecule has 1 saturated heterocycles. The summed E-state index contributed by atoms with van der Waals surface area (Å²) in [6, 6.07) is 11.9. The van der Waals surface area contributed by atoms with Gasteiger partial charge in [-0.2, -0.15) is 5.26 Å². The fraction of sp³-hybridized carbons (Fsp3) is 0.227. The van der Waals surface area contributed by atoms with Gasteiger partial charge in [0.2, 0.25) is 5.88 Å². The SMILES string of the molecule is N#Cc1ccc(-n2c(O)c3n(c2=O)[C@H]2C[C@@H]3N(C(=O)NCc3ccc(F)cc3)C2)cc1I. The largest absolute Gasteiger partial charge is 0.493 e. The number of rotatable bonds is 3. The standard InChI is InChI=1S/C22H17FIN5O3/c23-14-4-1-12(2-5-14)10-26-21(31)27-11-16-8-18(27)19-20(30)29(22(32)28(16)19)15-6-3-13(9-25)17(24)7-15/h1-7,16,18,30H,8,10-11H2,(H,26,31)/t16-,18-/m0/s1. The molecule has 8 nitrogen and oxygen atoms in total. The zero-order valence-corrected chi connectivity index (χ0v) is 18.8. The summed E-state index contributed by atoms with van der Waals surface area (Å²) in [4.78, 5) is 27.5. The van der Waals surface area contributed by atoms with Crippen LogP contribution in [0.4, 0.5) is 9.18 Å². The van der Waals surface area contributed by atoms with E-state index in [2.05, 4.69) is 11.4 Å². The molecule has 10 heteroatoms. The molecule has 2 atom stereocenters. The van der Waals surface area contributed by atoms with Crippen molar-refractivity contribution in [2.75, 3.05) is 6.54 Å².